The molecule has 0 bridgehead atoms. The third-order valence-electron chi connectivity index (χ3n) is 2.94. The summed E-state index contributed by atoms with van der Waals surface area (Å²) in [5, 5.41) is 0. The number of sulfonamides is 1. The van der Waals surface area contributed by atoms with Crippen molar-refractivity contribution in [2.45, 2.75) is 4.90 Å². The fourth-order valence-corrected chi connectivity index (χ4v) is 3.52. The average molecular weight is 368 g/mol. The number of hydrogen-bond donors (Lipinski definition) is 0. The normalized spacial score (nSPS) is 15.2. The molecule has 1 aliphatic heterocycles. The molecule has 0 N–H and O–H groups in total. The van der Waals surface area contributed by atoms with Crippen molar-refractivity contribution in [3.63, 3.8) is 0 Å². The van der Waals surface area contributed by atoms with Gasteiger partial charge in [0.15, 0.2) is 0 Å². The van der Waals surface area contributed by atoms with Gasteiger partial charge in [0.2, 0.25) is 5.90 Å². The van der Waals surface area contributed by atoms with E-state index in [0.29, 0.717) is 21.5 Å². The molecule has 108 valence electrons. The lowest BCUT2D eigenvalue weighted by Gasteiger charge is -2.08. The Balaban J connectivity index is 2.00. The van der Waals surface area contributed by atoms with Crippen molar-refractivity contribution in [2.75, 3.05) is 7.11 Å². The minimum atomic E-state index is -3.68. The van der Waals surface area contributed by atoms with E-state index in [1.807, 2.05) is 0 Å². The number of nitrogens with zero attached hydrogens (tertiary/aromatic N) is 1. The fourth-order valence-electron chi connectivity index (χ4n) is 1.94. The van der Waals surface area contributed by atoms with Crippen LogP contribution in [0.1, 0.15) is 5.56 Å². The summed E-state index contributed by atoms with van der Waals surface area (Å²) in [6, 6.07) is 11.7. The van der Waals surface area contributed by atoms with E-state index in [2.05, 4.69) is 20.3 Å². The van der Waals surface area contributed by atoms with Crippen molar-refractivity contribution in [1.29, 1.82) is 0 Å². The van der Waals surface area contributed by atoms with Gasteiger partial charge in [-0.3, -0.25) is 0 Å². The number of fused-ring (bicyclic) bond motifs is 1. The average Bonchev–Trinajstić information content (AvgIpc) is 2.73. The SMILES string of the molecule is COc1ccc(OC2=NS(=O)(=O)c3ccccc32)c(Br)c1. The predicted octanol–water partition coefficient (Wildman–Crippen LogP) is 2.99. The second-order valence-corrected chi connectivity index (χ2v) is 6.69. The van der Waals surface area contributed by atoms with Gasteiger partial charge in [0.1, 0.15) is 16.4 Å². The van der Waals surface area contributed by atoms with E-state index in [0.717, 1.165) is 0 Å². The first kappa shape index (κ1) is 14.1. The molecule has 2 aromatic carbocycles. The predicted molar refractivity (Wildman–Crippen MR) is 81.5 cm³/mol. The molecule has 21 heavy (non-hydrogen) atoms. The Morgan fingerprint density at radius 1 is 1.14 bits per heavy atom. The van der Waals surface area contributed by atoms with Crippen molar-refractivity contribution < 1.29 is 17.9 Å². The topological polar surface area (TPSA) is 65.0 Å². The molecule has 0 saturated carbocycles. The highest BCUT2D eigenvalue weighted by Crippen LogP contribution is 2.32. The third kappa shape index (κ3) is 2.54. The van der Waals surface area contributed by atoms with Crippen LogP contribution in [0.3, 0.4) is 0 Å². The van der Waals surface area contributed by atoms with Crippen LogP contribution in [-0.2, 0) is 10.0 Å². The number of ether oxygens (including phenoxy) is 2. The molecule has 0 atom stereocenters. The van der Waals surface area contributed by atoms with E-state index >= 15 is 0 Å². The lowest BCUT2D eigenvalue weighted by atomic mass is 10.2. The first-order valence-electron chi connectivity index (χ1n) is 5.97. The van der Waals surface area contributed by atoms with Crippen LogP contribution in [0.15, 0.2) is 56.2 Å². The Morgan fingerprint density at radius 2 is 1.90 bits per heavy atom. The minimum Gasteiger partial charge on any atom is -0.497 e. The van der Waals surface area contributed by atoms with E-state index < -0.39 is 10.0 Å². The molecule has 0 amide bonds. The highest BCUT2D eigenvalue weighted by molar-refractivity contribution is 9.10. The van der Waals surface area contributed by atoms with Gasteiger partial charge in [0.05, 0.1) is 17.1 Å². The summed E-state index contributed by atoms with van der Waals surface area (Å²) in [6.45, 7) is 0. The van der Waals surface area contributed by atoms with Gasteiger partial charge in [0, 0.05) is 0 Å². The van der Waals surface area contributed by atoms with Crippen LogP contribution in [0.25, 0.3) is 0 Å². The molecule has 7 heteroatoms. The van der Waals surface area contributed by atoms with Crippen LogP contribution in [-0.4, -0.2) is 21.4 Å². The van der Waals surface area contributed by atoms with Crippen molar-refractivity contribution in [3.8, 4) is 11.5 Å². The van der Waals surface area contributed by atoms with Crippen LogP contribution in [0.2, 0.25) is 0 Å². The van der Waals surface area contributed by atoms with Crippen molar-refractivity contribution in [2.24, 2.45) is 4.40 Å². The van der Waals surface area contributed by atoms with Gasteiger partial charge >= 0.3 is 0 Å². The molecule has 5 nitrogen and oxygen atoms in total. The van der Waals surface area contributed by atoms with Crippen molar-refractivity contribution >= 4 is 31.9 Å². The highest BCUT2D eigenvalue weighted by Gasteiger charge is 2.30. The third-order valence-corrected chi connectivity index (χ3v) is 4.88. The molecule has 0 aliphatic carbocycles. The summed E-state index contributed by atoms with van der Waals surface area (Å²) < 4.78 is 38.9. The number of methoxy groups -OCH3 is 1. The zero-order chi connectivity index (χ0) is 15.0. The molecule has 0 saturated heterocycles. The number of benzene rings is 2. The Bertz CT molecular complexity index is 846. The molecule has 0 fully saturated rings. The van der Waals surface area contributed by atoms with Gasteiger partial charge < -0.3 is 9.47 Å². The zero-order valence-electron chi connectivity index (χ0n) is 10.9. The van der Waals surface area contributed by atoms with Gasteiger partial charge in [-0.2, -0.15) is 8.42 Å². The molecule has 2 aromatic rings. The van der Waals surface area contributed by atoms with E-state index in [9.17, 15) is 8.42 Å². The lowest BCUT2D eigenvalue weighted by Crippen LogP contribution is -2.08. The number of rotatable bonds is 2. The molecule has 1 heterocycles. The maximum atomic E-state index is 11.9. The van der Waals surface area contributed by atoms with E-state index in [-0.39, 0.29) is 10.8 Å². The summed E-state index contributed by atoms with van der Waals surface area (Å²) in [6.07, 6.45) is 0. The maximum absolute atomic E-state index is 11.9. The van der Waals surface area contributed by atoms with Crippen LogP contribution in [0, 0.1) is 0 Å². The zero-order valence-corrected chi connectivity index (χ0v) is 13.3. The maximum Gasteiger partial charge on any atom is 0.286 e. The Kier molecular flexibility index (Phi) is 3.46. The summed E-state index contributed by atoms with van der Waals surface area (Å²) >= 11 is 3.35. The Morgan fingerprint density at radius 3 is 2.62 bits per heavy atom. The monoisotopic (exact) mass is 367 g/mol. The lowest BCUT2D eigenvalue weighted by molar-refractivity contribution is 0.413. The molecule has 3 rings (SSSR count). The molecule has 1 aliphatic rings. The molecule has 0 radical (unpaired) electrons. The first-order valence-corrected chi connectivity index (χ1v) is 8.20. The van der Waals surface area contributed by atoms with Crippen LogP contribution in [0.4, 0.5) is 0 Å². The summed E-state index contributed by atoms with van der Waals surface area (Å²) in [4.78, 5) is 0.157. The summed E-state index contributed by atoms with van der Waals surface area (Å²) in [5.41, 5.74) is 0.459. The van der Waals surface area contributed by atoms with Gasteiger partial charge in [-0.25, -0.2) is 0 Å². The minimum absolute atomic E-state index is 0.0662. The van der Waals surface area contributed by atoms with Gasteiger partial charge in [0.25, 0.3) is 10.0 Å². The molecule has 0 spiro atoms. The Labute approximate surface area is 130 Å². The van der Waals surface area contributed by atoms with E-state index in [4.69, 9.17) is 9.47 Å². The summed E-state index contributed by atoms with van der Waals surface area (Å²) in [5.74, 6) is 1.19. The quantitative estimate of drug-likeness (QED) is 0.818. The van der Waals surface area contributed by atoms with Gasteiger partial charge in [-0.15, -0.1) is 4.40 Å². The molecular formula is C14H10BrNO4S. The Hall–Kier alpha value is -1.86. The van der Waals surface area contributed by atoms with Crippen LogP contribution < -0.4 is 9.47 Å². The first-order chi connectivity index (χ1) is 10.0. The van der Waals surface area contributed by atoms with Crippen LogP contribution >= 0.6 is 15.9 Å². The molecule has 0 aromatic heterocycles. The number of halogens is 1. The van der Waals surface area contributed by atoms with Crippen molar-refractivity contribution in [1.82, 2.24) is 0 Å². The summed E-state index contributed by atoms with van der Waals surface area (Å²) in [7, 11) is -2.12. The number of hydrogen-bond acceptors (Lipinski definition) is 4. The highest BCUT2D eigenvalue weighted by atomic mass is 79.9. The largest absolute Gasteiger partial charge is 0.497 e. The van der Waals surface area contributed by atoms with Gasteiger partial charge in [-0.1, -0.05) is 12.1 Å². The van der Waals surface area contributed by atoms with E-state index in [1.165, 1.54) is 6.07 Å². The van der Waals surface area contributed by atoms with Crippen molar-refractivity contribution in [3.05, 3.63) is 52.5 Å². The van der Waals surface area contributed by atoms with Crippen LogP contribution in [0.5, 0.6) is 11.5 Å². The molecule has 0 unspecified atom stereocenters. The smallest absolute Gasteiger partial charge is 0.286 e. The fraction of sp³-hybridized carbons (Fsp3) is 0.0714. The second kappa shape index (κ2) is 5.16. The van der Waals surface area contributed by atoms with Gasteiger partial charge in [-0.05, 0) is 46.3 Å². The second-order valence-electron chi connectivity index (χ2n) is 4.27. The molecular weight excluding hydrogens is 358 g/mol. The standard InChI is InChI=1S/C14H10BrNO4S/c1-19-9-6-7-12(11(15)8-9)20-14-10-4-2-3-5-13(10)21(17,18)16-14/h2-8H,1H3. The van der Waals surface area contributed by atoms with E-state index in [1.54, 1.807) is 43.5 Å².